The number of aromatic nitrogens is 1. The van der Waals surface area contributed by atoms with E-state index in [1.54, 1.807) is 18.0 Å². The van der Waals surface area contributed by atoms with Gasteiger partial charge in [0.25, 0.3) is 0 Å². The van der Waals surface area contributed by atoms with Crippen LogP contribution in [0.2, 0.25) is 0 Å². The van der Waals surface area contributed by atoms with Crippen molar-refractivity contribution in [1.82, 2.24) is 10.4 Å². The van der Waals surface area contributed by atoms with Crippen LogP contribution in [0.25, 0.3) is 10.9 Å². The summed E-state index contributed by atoms with van der Waals surface area (Å²) < 4.78 is 0.685. The van der Waals surface area contributed by atoms with Crippen LogP contribution in [0.5, 0.6) is 0 Å². The SMILES string of the molecule is S=c1[nH]c2ccccc2cc1/C=N/C1NN=C(c2ccccc2)S1. The molecule has 118 valence electrons. The Kier molecular flexibility index (Phi) is 4.15. The van der Waals surface area contributed by atoms with Crippen LogP contribution in [-0.4, -0.2) is 21.7 Å². The first-order chi connectivity index (χ1) is 11.8. The maximum absolute atomic E-state index is 5.42. The molecule has 0 amide bonds. The van der Waals surface area contributed by atoms with E-state index in [0.29, 0.717) is 4.64 Å². The predicted molar refractivity (Wildman–Crippen MR) is 104 cm³/mol. The van der Waals surface area contributed by atoms with Crippen LogP contribution in [0.1, 0.15) is 11.1 Å². The lowest BCUT2D eigenvalue weighted by molar-refractivity contribution is 0.733. The molecule has 1 aliphatic rings. The van der Waals surface area contributed by atoms with Crippen molar-refractivity contribution < 1.29 is 0 Å². The number of rotatable bonds is 3. The Labute approximate surface area is 148 Å². The summed E-state index contributed by atoms with van der Waals surface area (Å²) in [6.45, 7) is 0. The number of fused-ring (bicyclic) bond motifs is 1. The summed E-state index contributed by atoms with van der Waals surface area (Å²) in [4.78, 5) is 7.80. The van der Waals surface area contributed by atoms with Gasteiger partial charge in [-0.05, 0) is 17.5 Å². The zero-order valence-corrected chi connectivity index (χ0v) is 14.3. The van der Waals surface area contributed by atoms with Crippen LogP contribution in [0.15, 0.2) is 70.8 Å². The molecular formula is C18H14N4S2. The monoisotopic (exact) mass is 350 g/mol. The first kappa shape index (κ1) is 15.1. The van der Waals surface area contributed by atoms with E-state index in [1.807, 2.05) is 48.5 Å². The summed E-state index contributed by atoms with van der Waals surface area (Å²) in [5.74, 6) is 0. The molecule has 4 nitrogen and oxygen atoms in total. The van der Waals surface area contributed by atoms with Crippen molar-refractivity contribution in [3.8, 4) is 0 Å². The zero-order chi connectivity index (χ0) is 16.4. The largest absolute Gasteiger partial charge is 0.346 e. The first-order valence-corrected chi connectivity index (χ1v) is 8.79. The van der Waals surface area contributed by atoms with Gasteiger partial charge in [-0.1, -0.05) is 72.5 Å². The maximum atomic E-state index is 5.42. The molecule has 0 fully saturated rings. The Morgan fingerprint density at radius 2 is 1.88 bits per heavy atom. The minimum Gasteiger partial charge on any atom is -0.346 e. The van der Waals surface area contributed by atoms with Crippen LogP contribution in [0.4, 0.5) is 0 Å². The molecule has 0 spiro atoms. The van der Waals surface area contributed by atoms with Gasteiger partial charge in [0.15, 0.2) is 5.50 Å². The summed E-state index contributed by atoms with van der Waals surface area (Å²) in [5.41, 5.74) is 5.93. The summed E-state index contributed by atoms with van der Waals surface area (Å²) in [6, 6.07) is 20.2. The number of thioether (sulfide) groups is 1. The minimum atomic E-state index is -0.138. The number of benzene rings is 2. The number of nitrogens with one attached hydrogen (secondary N) is 2. The molecule has 6 heteroatoms. The smallest absolute Gasteiger partial charge is 0.187 e. The summed E-state index contributed by atoms with van der Waals surface area (Å²) in [6.07, 6.45) is 1.80. The van der Waals surface area contributed by atoms with E-state index in [1.165, 1.54) is 0 Å². The topological polar surface area (TPSA) is 52.5 Å². The lowest BCUT2D eigenvalue weighted by Gasteiger charge is -2.04. The summed E-state index contributed by atoms with van der Waals surface area (Å²) in [5, 5.41) is 6.41. The maximum Gasteiger partial charge on any atom is 0.187 e. The van der Waals surface area contributed by atoms with Gasteiger partial charge >= 0.3 is 0 Å². The molecule has 0 aliphatic carbocycles. The molecule has 1 aliphatic heterocycles. The lowest BCUT2D eigenvalue weighted by atomic mass is 10.2. The number of aromatic amines is 1. The van der Waals surface area contributed by atoms with Crippen molar-refractivity contribution in [2.24, 2.45) is 10.1 Å². The number of nitrogens with zero attached hydrogens (tertiary/aromatic N) is 2. The third-order valence-electron chi connectivity index (χ3n) is 3.65. The Morgan fingerprint density at radius 3 is 2.75 bits per heavy atom. The third kappa shape index (κ3) is 3.11. The van der Waals surface area contributed by atoms with Gasteiger partial charge in [0, 0.05) is 22.9 Å². The number of H-pyrrole nitrogens is 1. The molecule has 0 saturated carbocycles. The zero-order valence-electron chi connectivity index (χ0n) is 12.6. The second kappa shape index (κ2) is 6.59. The van der Waals surface area contributed by atoms with E-state index in [2.05, 4.69) is 32.6 Å². The van der Waals surface area contributed by atoms with E-state index in [4.69, 9.17) is 12.2 Å². The highest BCUT2D eigenvalue weighted by Crippen LogP contribution is 2.23. The number of hydrogen-bond donors (Lipinski definition) is 2. The number of pyridine rings is 1. The molecule has 2 aromatic carbocycles. The van der Waals surface area contributed by atoms with Gasteiger partial charge < -0.3 is 4.98 Å². The number of aliphatic imine (C=N–C) groups is 1. The Balaban J connectivity index is 1.53. The fraction of sp³-hybridized carbons (Fsp3) is 0.0556. The quantitative estimate of drug-likeness (QED) is 0.547. The van der Waals surface area contributed by atoms with Crippen molar-refractivity contribution in [3.63, 3.8) is 0 Å². The standard InChI is InChI=1S/C18H14N4S2/c23-16-14(10-13-8-4-5-9-15(13)20-16)11-19-18-22-21-17(24-18)12-6-2-1-3-7-12/h1-11,18,22H,(H,20,23)/b19-11+. The molecule has 3 aromatic rings. The fourth-order valence-electron chi connectivity index (χ4n) is 2.46. The second-order valence-electron chi connectivity index (χ2n) is 5.30. The van der Waals surface area contributed by atoms with Gasteiger partial charge in [-0.2, -0.15) is 5.10 Å². The van der Waals surface area contributed by atoms with Gasteiger partial charge in [0.1, 0.15) is 9.68 Å². The average Bonchev–Trinajstić information content (AvgIpc) is 3.10. The second-order valence-corrected chi connectivity index (χ2v) is 6.78. The normalized spacial score (nSPS) is 17.2. The lowest BCUT2D eigenvalue weighted by Crippen LogP contribution is -2.12. The van der Waals surface area contributed by atoms with Crippen molar-refractivity contribution in [2.45, 2.75) is 5.50 Å². The number of para-hydroxylation sites is 1. The number of hydrogen-bond acceptors (Lipinski definition) is 5. The predicted octanol–water partition coefficient (Wildman–Crippen LogP) is 4.30. The van der Waals surface area contributed by atoms with Crippen molar-refractivity contribution in [3.05, 3.63) is 76.4 Å². The molecule has 4 rings (SSSR count). The number of hydrazone groups is 1. The molecule has 1 aromatic heterocycles. The van der Waals surface area contributed by atoms with Crippen LogP contribution in [0, 0.1) is 4.64 Å². The highest BCUT2D eigenvalue weighted by atomic mass is 32.2. The minimum absolute atomic E-state index is 0.138. The molecule has 2 N–H and O–H groups in total. The van der Waals surface area contributed by atoms with Crippen LogP contribution < -0.4 is 5.43 Å². The highest BCUT2D eigenvalue weighted by Gasteiger charge is 2.18. The molecule has 24 heavy (non-hydrogen) atoms. The highest BCUT2D eigenvalue weighted by molar-refractivity contribution is 8.15. The van der Waals surface area contributed by atoms with E-state index in [9.17, 15) is 0 Å². The fourth-order valence-corrected chi connectivity index (χ4v) is 3.50. The first-order valence-electron chi connectivity index (χ1n) is 7.50. The van der Waals surface area contributed by atoms with Crippen molar-refractivity contribution in [2.75, 3.05) is 0 Å². The summed E-state index contributed by atoms with van der Waals surface area (Å²) >= 11 is 7.01. The van der Waals surface area contributed by atoms with Gasteiger partial charge in [0.2, 0.25) is 0 Å². The molecule has 0 bridgehead atoms. The Bertz CT molecular complexity index is 993. The van der Waals surface area contributed by atoms with Crippen LogP contribution >= 0.6 is 24.0 Å². The molecule has 1 atom stereocenters. The van der Waals surface area contributed by atoms with Gasteiger partial charge in [-0.3, -0.25) is 10.4 Å². The molecule has 2 heterocycles. The molecule has 0 radical (unpaired) electrons. The molecule has 0 saturated heterocycles. The Morgan fingerprint density at radius 1 is 1.08 bits per heavy atom. The summed E-state index contributed by atoms with van der Waals surface area (Å²) in [7, 11) is 0. The van der Waals surface area contributed by atoms with Gasteiger partial charge in [-0.25, -0.2) is 0 Å². The van der Waals surface area contributed by atoms with Crippen molar-refractivity contribution >= 4 is 46.1 Å². The molecule has 1 unspecified atom stereocenters. The van der Waals surface area contributed by atoms with Gasteiger partial charge in [0.05, 0.1) is 0 Å². The molecular weight excluding hydrogens is 336 g/mol. The Hall–Kier alpha value is -2.44. The van der Waals surface area contributed by atoms with E-state index in [-0.39, 0.29) is 5.50 Å². The van der Waals surface area contributed by atoms with Crippen LogP contribution in [0.3, 0.4) is 0 Å². The average molecular weight is 350 g/mol. The third-order valence-corrected chi connectivity index (χ3v) is 4.99. The van der Waals surface area contributed by atoms with Crippen molar-refractivity contribution in [1.29, 1.82) is 0 Å². The van der Waals surface area contributed by atoms with E-state index >= 15 is 0 Å². The van der Waals surface area contributed by atoms with Gasteiger partial charge in [-0.15, -0.1) is 0 Å². The van der Waals surface area contributed by atoms with E-state index in [0.717, 1.165) is 27.1 Å². The van der Waals surface area contributed by atoms with E-state index < -0.39 is 0 Å². The van der Waals surface area contributed by atoms with Crippen LogP contribution in [-0.2, 0) is 0 Å².